The number of hydrogen-bond acceptors (Lipinski definition) is 5. The van der Waals surface area contributed by atoms with Crippen LogP contribution in [-0.4, -0.2) is 60.5 Å². The smallest absolute Gasteiger partial charge is 0.410 e. The summed E-state index contributed by atoms with van der Waals surface area (Å²) in [5, 5.41) is 4.28. The Hall–Kier alpha value is -3.02. The number of carbonyl (C=O) groups excluding carboxylic acids is 1. The molecule has 2 aliphatic rings. The van der Waals surface area contributed by atoms with Crippen LogP contribution in [0.1, 0.15) is 22.6 Å². The molecule has 1 saturated heterocycles. The number of ether oxygens (including phenoxy) is 1. The monoisotopic (exact) mass is 456 g/mol. The van der Waals surface area contributed by atoms with Gasteiger partial charge in [0.2, 0.25) is 0 Å². The van der Waals surface area contributed by atoms with Crippen molar-refractivity contribution < 1.29 is 31.3 Å². The first kappa shape index (κ1) is 21.2. The molecular formula is C19H16F4N4O3S. The Kier molecular flexibility index (Phi) is 5.65. The molecule has 0 saturated carbocycles. The van der Waals surface area contributed by atoms with E-state index in [-0.39, 0.29) is 22.8 Å². The molecule has 0 aromatic carbocycles. The standard InChI is InChI=1S/C19H16F4N4O3S/c20-13-6-12(7-15(8-13)30-19(21,22)23)17-9-16(18(28)26-4-5-31(29)11-26)25-27(17)14-2-1-3-24-10-14/h1-3,6-7,9-10,13H,4-5,8,11H2. The van der Waals surface area contributed by atoms with E-state index in [1.165, 1.54) is 28.0 Å². The van der Waals surface area contributed by atoms with E-state index in [2.05, 4.69) is 14.8 Å². The highest BCUT2D eigenvalue weighted by Gasteiger charge is 2.34. The van der Waals surface area contributed by atoms with Gasteiger partial charge in [0, 0.05) is 41.3 Å². The molecular weight excluding hydrogens is 440 g/mol. The normalized spacial score (nSPS) is 21.6. The van der Waals surface area contributed by atoms with Crippen LogP contribution in [0.3, 0.4) is 0 Å². The van der Waals surface area contributed by atoms with Gasteiger partial charge in [0.25, 0.3) is 5.91 Å². The number of hydrogen-bond donors (Lipinski definition) is 0. The third kappa shape index (κ3) is 4.84. The minimum atomic E-state index is -4.95. The molecule has 1 amide bonds. The second kappa shape index (κ2) is 8.25. The van der Waals surface area contributed by atoms with Crippen molar-refractivity contribution in [1.82, 2.24) is 19.7 Å². The van der Waals surface area contributed by atoms with Gasteiger partial charge < -0.3 is 9.64 Å². The number of nitrogens with zero attached hydrogens (tertiary/aromatic N) is 4. The zero-order valence-corrected chi connectivity index (χ0v) is 16.7. The van der Waals surface area contributed by atoms with Crippen molar-refractivity contribution in [3.63, 3.8) is 0 Å². The van der Waals surface area contributed by atoms with Crippen LogP contribution in [0.25, 0.3) is 11.3 Å². The molecule has 0 N–H and O–H groups in total. The number of pyridine rings is 1. The lowest BCUT2D eigenvalue weighted by molar-refractivity contribution is -0.306. The average Bonchev–Trinajstić information content (AvgIpc) is 3.33. The molecule has 2 atom stereocenters. The van der Waals surface area contributed by atoms with Crippen LogP contribution in [0, 0.1) is 0 Å². The first-order valence-corrected chi connectivity index (χ1v) is 10.7. The molecule has 3 heterocycles. The Morgan fingerprint density at radius 3 is 2.77 bits per heavy atom. The van der Waals surface area contributed by atoms with Gasteiger partial charge in [-0.05, 0) is 30.4 Å². The predicted molar refractivity (Wildman–Crippen MR) is 103 cm³/mol. The Balaban J connectivity index is 1.76. The van der Waals surface area contributed by atoms with E-state index in [0.717, 1.165) is 12.2 Å². The molecule has 1 fully saturated rings. The van der Waals surface area contributed by atoms with E-state index in [4.69, 9.17) is 0 Å². The predicted octanol–water partition coefficient (Wildman–Crippen LogP) is 2.97. The highest BCUT2D eigenvalue weighted by molar-refractivity contribution is 7.85. The van der Waals surface area contributed by atoms with Crippen molar-refractivity contribution in [3.8, 4) is 5.69 Å². The third-order valence-corrected chi connectivity index (χ3v) is 5.85. The maximum absolute atomic E-state index is 14.2. The minimum absolute atomic E-state index is 0.00803. The van der Waals surface area contributed by atoms with Crippen LogP contribution >= 0.6 is 0 Å². The maximum Gasteiger partial charge on any atom is 0.572 e. The van der Waals surface area contributed by atoms with E-state index >= 15 is 0 Å². The second-order valence-corrected chi connectivity index (χ2v) is 8.43. The summed E-state index contributed by atoms with van der Waals surface area (Å²) in [5.41, 5.74) is 0.696. The highest BCUT2D eigenvalue weighted by atomic mass is 32.2. The topological polar surface area (TPSA) is 77.3 Å². The summed E-state index contributed by atoms with van der Waals surface area (Å²) in [7, 11) is -1.14. The van der Waals surface area contributed by atoms with Crippen LogP contribution in [0.2, 0.25) is 0 Å². The van der Waals surface area contributed by atoms with E-state index in [1.54, 1.807) is 12.1 Å². The molecule has 7 nitrogen and oxygen atoms in total. The Labute approximate surface area is 176 Å². The number of allylic oxidation sites excluding steroid dienone is 4. The molecule has 2 unspecified atom stereocenters. The van der Waals surface area contributed by atoms with Crippen LogP contribution in [0.4, 0.5) is 17.6 Å². The SMILES string of the molecule is O=C(c1cc(C2=CC(F)CC(OC(F)(F)F)=C2)n(-c2cccnc2)n1)N1CCS(=O)C1. The van der Waals surface area contributed by atoms with Gasteiger partial charge in [-0.1, -0.05) is 0 Å². The molecule has 2 aromatic rings. The fourth-order valence-corrected chi connectivity index (χ4v) is 4.46. The number of aromatic nitrogens is 3. The Morgan fingerprint density at radius 1 is 1.32 bits per heavy atom. The summed E-state index contributed by atoms with van der Waals surface area (Å²) in [4.78, 5) is 18.2. The number of amides is 1. The fraction of sp³-hybridized carbons (Fsp3) is 0.316. The molecule has 0 bridgehead atoms. The van der Waals surface area contributed by atoms with Gasteiger partial charge in [-0.25, -0.2) is 9.07 Å². The molecule has 164 valence electrons. The summed E-state index contributed by atoms with van der Waals surface area (Å²) in [5.74, 6) is -0.623. The van der Waals surface area contributed by atoms with Gasteiger partial charge >= 0.3 is 6.36 Å². The number of alkyl halides is 4. The second-order valence-electron chi connectivity index (χ2n) is 6.88. The summed E-state index contributed by atoms with van der Waals surface area (Å²) in [6, 6.07) is 4.62. The van der Waals surface area contributed by atoms with E-state index in [1.807, 2.05) is 0 Å². The molecule has 1 aliphatic carbocycles. The third-order valence-electron chi connectivity index (χ3n) is 4.61. The average molecular weight is 456 g/mol. The van der Waals surface area contributed by atoms with Gasteiger partial charge in [-0.3, -0.25) is 14.0 Å². The Morgan fingerprint density at radius 2 is 2.13 bits per heavy atom. The van der Waals surface area contributed by atoms with E-state index in [0.29, 0.717) is 18.0 Å². The molecule has 0 radical (unpaired) electrons. The van der Waals surface area contributed by atoms with Crippen LogP contribution < -0.4 is 0 Å². The molecule has 12 heteroatoms. The molecule has 0 spiro atoms. The summed E-state index contributed by atoms with van der Waals surface area (Å²) in [6.07, 6.45) is -2.04. The lowest BCUT2D eigenvalue weighted by atomic mass is 10.0. The summed E-state index contributed by atoms with van der Waals surface area (Å²) >= 11 is 0. The molecule has 2 aromatic heterocycles. The fourth-order valence-electron chi connectivity index (χ4n) is 3.31. The van der Waals surface area contributed by atoms with Gasteiger partial charge in [-0.15, -0.1) is 13.2 Å². The van der Waals surface area contributed by atoms with E-state index < -0.39 is 41.4 Å². The summed E-state index contributed by atoms with van der Waals surface area (Å²) in [6.45, 7) is 0.305. The number of halogens is 4. The van der Waals surface area contributed by atoms with Crippen LogP contribution in [-0.2, 0) is 15.5 Å². The number of carbonyl (C=O) groups is 1. The van der Waals surface area contributed by atoms with Crippen LogP contribution in [0.5, 0.6) is 0 Å². The number of rotatable bonds is 4. The lowest BCUT2D eigenvalue weighted by Crippen LogP contribution is -2.28. The van der Waals surface area contributed by atoms with Gasteiger partial charge in [-0.2, -0.15) is 5.10 Å². The molecule has 31 heavy (non-hydrogen) atoms. The van der Waals surface area contributed by atoms with Crippen molar-refractivity contribution in [2.75, 3.05) is 18.2 Å². The first-order valence-electron chi connectivity index (χ1n) is 9.17. The van der Waals surface area contributed by atoms with Crippen molar-refractivity contribution in [1.29, 1.82) is 0 Å². The zero-order valence-electron chi connectivity index (χ0n) is 15.9. The van der Waals surface area contributed by atoms with Gasteiger partial charge in [0.05, 0.1) is 23.5 Å². The van der Waals surface area contributed by atoms with Crippen LogP contribution in [0.15, 0.2) is 48.5 Å². The largest absolute Gasteiger partial charge is 0.572 e. The summed E-state index contributed by atoms with van der Waals surface area (Å²) < 4.78 is 69.0. The quantitative estimate of drug-likeness (QED) is 0.662. The lowest BCUT2D eigenvalue weighted by Gasteiger charge is -2.19. The zero-order chi connectivity index (χ0) is 22.2. The van der Waals surface area contributed by atoms with Gasteiger partial charge in [0.15, 0.2) is 5.69 Å². The molecule has 4 rings (SSSR count). The van der Waals surface area contributed by atoms with Crippen molar-refractivity contribution in [2.45, 2.75) is 19.0 Å². The minimum Gasteiger partial charge on any atom is -0.410 e. The maximum atomic E-state index is 14.2. The van der Waals surface area contributed by atoms with Crippen molar-refractivity contribution in [2.24, 2.45) is 0 Å². The van der Waals surface area contributed by atoms with Gasteiger partial charge in [0.1, 0.15) is 11.9 Å². The van der Waals surface area contributed by atoms with E-state index in [9.17, 15) is 26.6 Å². The van der Waals surface area contributed by atoms with Crippen molar-refractivity contribution in [3.05, 3.63) is 59.9 Å². The first-order chi connectivity index (χ1) is 14.7. The highest BCUT2D eigenvalue weighted by Crippen LogP contribution is 2.33. The Bertz CT molecular complexity index is 1080. The molecule has 1 aliphatic heterocycles. The van der Waals surface area contributed by atoms with Crippen molar-refractivity contribution >= 4 is 22.3 Å².